The van der Waals surface area contributed by atoms with Gasteiger partial charge in [0, 0.05) is 31.4 Å². The smallest absolute Gasteiger partial charge is 0.265 e. The Morgan fingerprint density at radius 1 is 1.11 bits per heavy atom. The molecule has 0 bridgehead atoms. The number of aryl methyl sites for hydroxylation is 2. The van der Waals surface area contributed by atoms with Crippen molar-refractivity contribution in [1.29, 1.82) is 0 Å². The Hall–Kier alpha value is -2.80. The standard InChI is InChI=1S/C21H22N4O2S/c1-14-19(28-15(2)24-14)21(26)25-12-8-16(9-13-25)18-20(23-11-10-22-18)27-17-6-4-3-5-7-17/h3-7,10-11,16H,8-9,12-13H2,1-2H3. The monoisotopic (exact) mass is 394 g/mol. The third-order valence-corrected chi connectivity index (χ3v) is 5.98. The highest BCUT2D eigenvalue weighted by atomic mass is 32.1. The summed E-state index contributed by atoms with van der Waals surface area (Å²) in [4.78, 5) is 28.8. The minimum absolute atomic E-state index is 0.0847. The lowest BCUT2D eigenvalue weighted by molar-refractivity contribution is 0.0715. The number of carbonyl (C=O) groups is 1. The molecule has 3 aromatic rings. The fourth-order valence-electron chi connectivity index (χ4n) is 3.52. The number of likely N-dealkylation sites (tertiary alicyclic amines) is 1. The first-order valence-corrected chi connectivity index (χ1v) is 10.2. The highest BCUT2D eigenvalue weighted by Gasteiger charge is 2.29. The van der Waals surface area contributed by atoms with Crippen LogP contribution in [0.4, 0.5) is 0 Å². The Morgan fingerprint density at radius 2 is 1.82 bits per heavy atom. The number of ether oxygens (including phenoxy) is 1. The van der Waals surface area contributed by atoms with E-state index in [1.165, 1.54) is 11.3 Å². The highest BCUT2D eigenvalue weighted by Crippen LogP contribution is 2.34. The SMILES string of the molecule is Cc1nc(C)c(C(=O)N2CCC(c3nccnc3Oc3ccccc3)CC2)s1. The number of aromatic nitrogens is 3. The van der Waals surface area contributed by atoms with E-state index in [1.54, 1.807) is 12.4 Å². The van der Waals surface area contributed by atoms with E-state index in [2.05, 4.69) is 15.0 Å². The average molecular weight is 395 g/mol. The Bertz CT molecular complexity index is 966. The summed E-state index contributed by atoms with van der Waals surface area (Å²) < 4.78 is 5.96. The van der Waals surface area contributed by atoms with Gasteiger partial charge in [-0.25, -0.2) is 9.97 Å². The van der Waals surface area contributed by atoms with Gasteiger partial charge in [-0.2, -0.15) is 0 Å². The quantitative estimate of drug-likeness (QED) is 0.658. The number of nitrogens with zero attached hydrogens (tertiary/aromatic N) is 4. The number of rotatable bonds is 4. The average Bonchev–Trinajstić information content (AvgIpc) is 3.07. The molecule has 1 fully saturated rings. The van der Waals surface area contributed by atoms with Crippen LogP contribution in [0.5, 0.6) is 11.6 Å². The van der Waals surface area contributed by atoms with E-state index in [9.17, 15) is 4.79 Å². The number of hydrogen-bond acceptors (Lipinski definition) is 6. The van der Waals surface area contributed by atoms with Gasteiger partial charge in [-0.1, -0.05) is 18.2 Å². The molecule has 1 aromatic carbocycles. The minimum atomic E-state index is 0.0847. The topological polar surface area (TPSA) is 68.2 Å². The van der Waals surface area contributed by atoms with Gasteiger partial charge in [0.05, 0.1) is 10.7 Å². The van der Waals surface area contributed by atoms with Gasteiger partial charge in [-0.15, -0.1) is 11.3 Å². The Morgan fingerprint density at radius 3 is 2.50 bits per heavy atom. The first-order valence-electron chi connectivity index (χ1n) is 9.39. The predicted molar refractivity (Wildman–Crippen MR) is 108 cm³/mol. The molecule has 0 unspecified atom stereocenters. The zero-order valence-corrected chi connectivity index (χ0v) is 16.8. The Labute approximate surface area is 168 Å². The second-order valence-corrected chi connectivity index (χ2v) is 8.08. The van der Waals surface area contributed by atoms with Crippen LogP contribution in [0.25, 0.3) is 0 Å². The minimum Gasteiger partial charge on any atom is -0.437 e. The van der Waals surface area contributed by atoms with E-state index in [0.29, 0.717) is 19.0 Å². The lowest BCUT2D eigenvalue weighted by Gasteiger charge is -2.31. The summed E-state index contributed by atoms with van der Waals surface area (Å²) in [6.45, 7) is 5.22. The molecular formula is C21H22N4O2S. The van der Waals surface area contributed by atoms with Crippen molar-refractivity contribution in [1.82, 2.24) is 19.9 Å². The van der Waals surface area contributed by atoms with Gasteiger partial charge in [0.1, 0.15) is 16.3 Å². The van der Waals surface area contributed by atoms with Gasteiger partial charge in [0.2, 0.25) is 5.88 Å². The van der Waals surface area contributed by atoms with Crippen LogP contribution in [0.15, 0.2) is 42.7 Å². The molecule has 6 nitrogen and oxygen atoms in total. The molecular weight excluding hydrogens is 372 g/mol. The number of piperidine rings is 1. The maximum absolute atomic E-state index is 12.8. The molecule has 1 saturated heterocycles. The lowest BCUT2D eigenvalue weighted by Crippen LogP contribution is -2.38. The fourth-order valence-corrected chi connectivity index (χ4v) is 4.41. The second kappa shape index (κ2) is 8.06. The van der Waals surface area contributed by atoms with E-state index in [0.717, 1.165) is 39.9 Å². The highest BCUT2D eigenvalue weighted by molar-refractivity contribution is 7.13. The number of thiazole rings is 1. The van der Waals surface area contributed by atoms with Crippen LogP contribution < -0.4 is 4.74 Å². The zero-order chi connectivity index (χ0) is 19.5. The maximum atomic E-state index is 12.8. The van der Waals surface area contributed by atoms with Crippen molar-refractivity contribution in [2.24, 2.45) is 0 Å². The number of amides is 1. The van der Waals surface area contributed by atoms with Gasteiger partial charge in [-0.05, 0) is 38.8 Å². The van der Waals surface area contributed by atoms with Gasteiger partial charge in [-0.3, -0.25) is 9.78 Å². The van der Waals surface area contributed by atoms with E-state index < -0.39 is 0 Å². The van der Waals surface area contributed by atoms with E-state index >= 15 is 0 Å². The van der Waals surface area contributed by atoms with Crippen LogP contribution in [-0.4, -0.2) is 38.8 Å². The van der Waals surface area contributed by atoms with Crippen molar-refractivity contribution >= 4 is 17.2 Å². The predicted octanol–water partition coefficient (Wildman–Crippen LogP) is 4.36. The van der Waals surface area contributed by atoms with Crippen molar-refractivity contribution in [2.75, 3.05) is 13.1 Å². The molecule has 0 radical (unpaired) electrons. The molecule has 0 saturated carbocycles. The zero-order valence-electron chi connectivity index (χ0n) is 16.0. The van der Waals surface area contributed by atoms with Crippen LogP contribution in [0, 0.1) is 13.8 Å². The molecule has 28 heavy (non-hydrogen) atoms. The lowest BCUT2D eigenvalue weighted by atomic mass is 9.93. The molecule has 4 rings (SSSR count). The third-order valence-electron chi connectivity index (χ3n) is 4.92. The number of para-hydroxylation sites is 1. The van der Waals surface area contributed by atoms with Crippen molar-refractivity contribution in [2.45, 2.75) is 32.6 Å². The van der Waals surface area contributed by atoms with Crippen LogP contribution >= 0.6 is 11.3 Å². The number of hydrogen-bond donors (Lipinski definition) is 0. The number of benzene rings is 1. The Kier molecular flexibility index (Phi) is 5.34. The normalized spacial score (nSPS) is 14.9. The second-order valence-electron chi connectivity index (χ2n) is 6.88. The fraction of sp³-hybridized carbons (Fsp3) is 0.333. The molecule has 0 spiro atoms. The maximum Gasteiger partial charge on any atom is 0.265 e. The van der Waals surface area contributed by atoms with Crippen molar-refractivity contribution in [3.63, 3.8) is 0 Å². The molecule has 7 heteroatoms. The summed E-state index contributed by atoms with van der Waals surface area (Å²) >= 11 is 1.47. The van der Waals surface area contributed by atoms with Crippen molar-refractivity contribution < 1.29 is 9.53 Å². The first-order chi connectivity index (χ1) is 13.6. The molecule has 1 aliphatic heterocycles. The summed E-state index contributed by atoms with van der Waals surface area (Å²) in [7, 11) is 0. The molecule has 0 N–H and O–H groups in total. The van der Waals surface area contributed by atoms with Crippen LogP contribution in [-0.2, 0) is 0 Å². The van der Waals surface area contributed by atoms with E-state index in [-0.39, 0.29) is 11.8 Å². The summed E-state index contributed by atoms with van der Waals surface area (Å²) in [6.07, 6.45) is 5.03. The van der Waals surface area contributed by atoms with Crippen molar-refractivity contribution in [3.05, 3.63) is 64.0 Å². The first kappa shape index (κ1) is 18.6. The van der Waals surface area contributed by atoms with Gasteiger partial charge < -0.3 is 9.64 Å². The molecule has 3 heterocycles. The van der Waals surface area contributed by atoms with Gasteiger partial charge in [0.15, 0.2) is 0 Å². The largest absolute Gasteiger partial charge is 0.437 e. The molecule has 1 aliphatic rings. The summed E-state index contributed by atoms with van der Waals surface area (Å²) in [6, 6.07) is 9.61. The Balaban J connectivity index is 1.46. The van der Waals surface area contributed by atoms with Crippen LogP contribution in [0.2, 0.25) is 0 Å². The molecule has 2 aromatic heterocycles. The summed E-state index contributed by atoms with van der Waals surface area (Å²) in [5, 5.41) is 0.929. The summed E-state index contributed by atoms with van der Waals surface area (Å²) in [5.41, 5.74) is 1.69. The van der Waals surface area contributed by atoms with E-state index in [4.69, 9.17) is 4.74 Å². The molecule has 1 amide bonds. The van der Waals surface area contributed by atoms with E-state index in [1.807, 2.05) is 49.1 Å². The van der Waals surface area contributed by atoms with Crippen molar-refractivity contribution in [3.8, 4) is 11.6 Å². The third kappa shape index (κ3) is 3.89. The van der Waals surface area contributed by atoms with Crippen LogP contribution in [0.1, 0.15) is 44.8 Å². The molecule has 144 valence electrons. The summed E-state index contributed by atoms with van der Waals surface area (Å²) in [5.74, 6) is 1.60. The molecule has 0 atom stereocenters. The van der Waals surface area contributed by atoms with Gasteiger partial charge in [0.25, 0.3) is 5.91 Å². The van der Waals surface area contributed by atoms with Crippen LogP contribution in [0.3, 0.4) is 0 Å². The number of carbonyl (C=O) groups excluding carboxylic acids is 1. The van der Waals surface area contributed by atoms with Gasteiger partial charge >= 0.3 is 0 Å². The molecule has 0 aliphatic carbocycles.